The molecule has 0 spiro atoms. The Kier molecular flexibility index (Phi) is 9.12. The van der Waals surface area contributed by atoms with E-state index in [2.05, 4.69) is 5.32 Å². The number of urea groups is 1. The Morgan fingerprint density at radius 1 is 1.13 bits per heavy atom. The van der Waals surface area contributed by atoms with Crippen LogP contribution in [0.4, 0.5) is 36.8 Å². The predicted octanol–water partition coefficient (Wildman–Crippen LogP) is 1.14. The summed E-state index contributed by atoms with van der Waals surface area (Å²) in [5.41, 5.74) is 15.4. The number of carbonyl (C=O) groups is 2. The van der Waals surface area contributed by atoms with E-state index in [1.54, 1.807) is 5.32 Å². The summed E-state index contributed by atoms with van der Waals surface area (Å²) in [6.45, 7) is -0.342. The fourth-order valence-electron chi connectivity index (χ4n) is 2.25. The number of halogens is 6. The minimum absolute atomic E-state index is 0.0887. The normalized spacial score (nSPS) is 13.3. The van der Waals surface area contributed by atoms with Gasteiger partial charge in [-0.05, 0) is 12.5 Å². The van der Waals surface area contributed by atoms with Crippen molar-refractivity contribution in [1.82, 2.24) is 10.2 Å². The molecular formula is C17H22F6N6O2. The Bertz CT molecular complexity index is 822. The maximum atomic E-state index is 13.3. The lowest BCUT2D eigenvalue weighted by Gasteiger charge is -2.25. The first-order valence-electron chi connectivity index (χ1n) is 8.77. The van der Waals surface area contributed by atoms with E-state index in [0.29, 0.717) is 19.1 Å². The second-order valence-corrected chi connectivity index (χ2v) is 6.35. The van der Waals surface area contributed by atoms with Gasteiger partial charge < -0.3 is 32.7 Å². The van der Waals surface area contributed by atoms with Crippen molar-refractivity contribution in [2.45, 2.75) is 19.1 Å². The zero-order valence-electron chi connectivity index (χ0n) is 16.3. The molecule has 8 nitrogen and oxygen atoms in total. The molecule has 1 atom stereocenters. The van der Waals surface area contributed by atoms with E-state index < -0.39 is 66.1 Å². The summed E-state index contributed by atoms with van der Waals surface area (Å²) in [5, 5.41) is 3.78. The van der Waals surface area contributed by atoms with E-state index in [1.165, 1.54) is 0 Å². The Labute approximate surface area is 173 Å². The predicted molar refractivity (Wildman–Crippen MR) is 99.9 cm³/mol. The van der Waals surface area contributed by atoms with Crippen LogP contribution in [0.25, 0.3) is 0 Å². The molecule has 174 valence electrons. The van der Waals surface area contributed by atoms with E-state index >= 15 is 0 Å². The molecular weight excluding hydrogens is 434 g/mol. The third kappa shape index (κ3) is 7.32. The zero-order chi connectivity index (χ0) is 23.9. The smallest absolute Gasteiger partial charge is 0.394 e. The van der Waals surface area contributed by atoms with Crippen LogP contribution < -0.4 is 27.8 Å². The minimum atomic E-state index is -4.70. The lowest BCUT2D eigenvalue weighted by Crippen LogP contribution is -2.46. The number of amides is 3. The molecule has 0 radical (unpaired) electrons. The van der Waals surface area contributed by atoms with Crippen LogP contribution in [0.3, 0.4) is 0 Å². The molecule has 0 bridgehead atoms. The van der Waals surface area contributed by atoms with Gasteiger partial charge in [-0.15, -0.1) is 0 Å². The maximum Gasteiger partial charge on any atom is 0.408 e. The Morgan fingerprint density at radius 2 is 1.68 bits per heavy atom. The van der Waals surface area contributed by atoms with E-state index in [9.17, 15) is 35.9 Å². The van der Waals surface area contributed by atoms with Crippen molar-refractivity contribution in [3.05, 3.63) is 40.9 Å². The largest absolute Gasteiger partial charge is 0.408 e. The number of rotatable bonds is 8. The van der Waals surface area contributed by atoms with Gasteiger partial charge in [0.15, 0.2) is 17.5 Å². The molecule has 1 aromatic rings. The number of hydrogen-bond donors (Lipinski definition) is 5. The molecule has 0 aliphatic heterocycles. The lowest BCUT2D eigenvalue weighted by molar-refractivity contribution is -0.156. The van der Waals surface area contributed by atoms with Crippen LogP contribution in [-0.4, -0.2) is 55.2 Å². The van der Waals surface area contributed by atoms with Crippen molar-refractivity contribution in [3.8, 4) is 0 Å². The molecule has 8 N–H and O–H groups in total. The first kappa shape index (κ1) is 26.0. The SMILES string of the molecule is CC(NC(=O)/C(N)=C(/CN)CN(CCN)C(=O)Nc1cc(F)c(F)c(F)c1)C(F)(F)F. The maximum absolute atomic E-state index is 13.3. The number of hydrogen-bond acceptors (Lipinski definition) is 5. The highest BCUT2D eigenvalue weighted by Gasteiger charge is 2.37. The molecule has 3 amide bonds. The Morgan fingerprint density at radius 3 is 2.13 bits per heavy atom. The van der Waals surface area contributed by atoms with Crippen LogP contribution in [0.1, 0.15) is 6.92 Å². The van der Waals surface area contributed by atoms with Crippen LogP contribution >= 0.6 is 0 Å². The molecule has 1 rings (SSSR count). The molecule has 0 saturated heterocycles. The second kappa shape index (κ2) is 10.9. The number of benzene rings is 1. The summed E-state index contributed by atoms with van der Waals surface area (Å²) in [5.74, 6) is -6.05. The van der Waals surface area contributed by atoms with E-state index in [-0.39, 0.29) is 18.7 Å². The highest BCUT2D eigenvalue weighted by Crippen LogP contribution is 2.20. The van der Waals surface area contributed by atoms with Crippen LogP contribution in [0.5, 0.6) is 0 Å². The van der Waals surface area contributed by atoms with Crippen molar-refractivity contribution in [2.75, 3.05) is 31.5 Å². The zero-order valence-corrected chi connectivity index (χ0v) is 16.3. The van der Waals surface area contributed by atoms with Gasteiger partial charge in [0.05, 0.1) is 5.70 Å². The average Bonchev–Trinajstić information content (AvgIpc) is 2.67. The first-order valence-corrected chi connectivity index (χ1v) is 8.77. The fourth-order valence-corrected chi connectivity index (χ4v) is 2.25. The molecule has 1 aromatic carbocycles. The van der Waals surface area contributed by atoms with Crippen molar-refractivity contribution in [3.63, 3.8) is 0 Å². The Hall–Kier alpha value is -3.00. The molecule has 14 heteroatoms. The summed E-state index contributed by atoms with van der Waals surface area (Å²) >= 11 is 0. The molecule has 0 aromatic heterocycles. The van der Waals surface area contributed by atoms with Gasteiger partial charge in [-0.3, -0.25) is 4.79 Å². The van der Waals surface area contributed by atoms with Gasteiger partial charge in [-0.2, -0.15) is 13.2 Å². The summed E-state index contributed by atoms with van der Waals surface area (Å²) in [4.78, 5) is 25.4. The van der Waals surface area contributed by atoms with Gasteiger partial charge in [-0.25, -0.2) is 18.0 Å². The number of nitrogens with zero attached hydrogens (tertiary/aromatic N) is 1. The van der Waals surface area contributed by atoms with Crippen LogP contribution in [-0.2, 0) is 4.79 Å². The van der Waals surface area contributed by atoms with Gasteiger partial charge in [0.2, 0.25) is 0 Å². The molecule has 31 heavy (non-hydrogen) atoms. The monoisotopic (exact) mass is 456 g/mol. The van der Waals surface area contributed by atoms with E-state index in [0.717, 1.165) is 4.90 Å². The number of carbonyl (C=O) groups excluding carboxylic acids is 2. The fraction of sp³-hybridized carbons (Fsp3) is 0.412. The molecule has 0 aliphatic carbocycles. The highest BCUT2D eigenvalue weighted by atomic mass is 19.4. The van der Waals surface area contributed by atoms with Gasteiger partial charge in [0, 0.05) is 44.0 Å². The van der Waals surface area contributed by atoms with Crippen LogP contribution in [0.15, 0.2) is 23.4 Å². The number of alkyl halides is 3. The molecule has 0 heterocycles. The number of nitrogens with one attached hydrogen (secondary N) is 2. The van der Waals surface area contributed by atoms with Gasteiger partial charge in [0.1, 0.15) is 6.04 Å². The Balaban J connectivity index is 3.03. The third-order valence-corrected chi connectivity index (χ3v) is 4.01. The molecule has 0 aliphatic rings. The number of anilines is 1. The van der Waals surface area contributed by atoms with Gasteiger partial charge in [-0.1, -0.05) is 0 Å². The molecule has 0 saturated carbocycles. The van der Waals surface area contributed by atoms with Crippen molar-refractivity contribution < 1.29 is 35.9 Å². The van der Waals surface area contributed by atoms with Gasteiger partial charge in [0.25, 0.3) is 5.91 Å². The van der Waals surface area contributed by atoms with E-state index in [4.69, 9.17) is 17.2 Å². The molecule has 1 unspecified atom stereocenters. The van der Waals surface area contributed by atoms with Crippen molar-refractivity contribution in [2.24, 2.45) is 17.2 Å². The van der Waals surface area contributed by atoms with Gasteiger partial charge >= 0.3 is 12.2 Å². The molecule has 0 fully saturated rings. The highest BCUT2D eigenvalue weighted by molar-refractivity contribution is 5.94. The van der Waals surface area contributed by atoms with Crippen molar-refractivity contribution >= 4 is 17.6 Å². The summed E-state index contributed by atoms with van der Waals surface area (Å²) in [7, 11) is 0. The quantitative estimate of drug-likeness (QED) is 0.227. The summed E-state index contributed by atoms with van der Waals surface area (Å²) < 4.78 is 77.5. The average molecular weight is 456 g/mol. The number of nitrogens with two attached hydrogens (primary N) is 3. The van der Waals surface area contributed by atoms with Crippen LogP contribution in [0, 0.1) is 17.5 Å². The topological polar surface area (TPSA) is 140 Å². The van der Waals surface area contributed by atoms with E-state index in [1.807, 2.05) is 0 Å². The lowest BCUT2D eigenvalue weighted by atomic mass is 10.1. The summed E-state index contributed by atoms with van der Waals surface area (Å²) in [6, 6.07) is -2.07. The minimum Gasteiger partial charge on any atom is -0.394 e. The summed E-state index contributed by atoms with van der Waals surface area (Å²) in [6.07, 6.45) is -4.70. The van der Waals surface area contributed by atoms with Crippen molar-refractivity contribution in [1.29, 1.82) is 0 Å². The standard InChI is InChI=1S/C17H22F6N6O2/c1-8(17(21,22)23)27-15(30)14(26)9(6-25)7-29(3-2-24)16(31)28-10-4-11(18)13(20)12(19)5-10/h4-5,8H,2-3,6-7,24-26H2,1H3,(H,27,30)(H,28,31)/b14-9+. The third-order valence-electron chi connectivity index (χ3n) is 4.01. The first-order chi connectivity index (χ1) is 14.3. The second-order valence-electron chi connectivity index (χ2n) is 6.35. The van der Waals surface area contributed by atoms with Crippen LogP contribution in [0.2, 0.25) is 0 Å².